The number of esters is 1. The molecule has 0 aromatic heterocycles. The summed E-state index contributed by atoms with van der Waals surface area (Å²) in [6, 6.07) is 22.4. The largest absolute Gasteiger partial charge is 0.489 e. The molecule has 0 unspecified atom stereocenters. The van der Waals surface area contributed by atoms with Gasteiger partial charge in [-0.15, -0.1) is 0 Å². The van der Waals surface area contributed by atoms with Gasteiger partial charge in [-0.05, 0) is 38.1 Å². The first-order valence-corrected chi connectivity index (χ1v) is 12.7. The minimum Gasteiger partial charge on any atom is -0.489 e. The Kier molecular flexibility index (Phi) is 6.68. The average molecular weight is 555 g/mol. The summed E-state index contributed by atoms with van der Waals surface area (Å²) in [6.07, 6.45) is 0. The van der Waals surface area contributed by atoms with Crippen LogP contribution >= 0.6 is 15.9 Å². The summed E-state index contributed by atoms with van der Waals surface area (Å²) in [5.74, 6) is -0.839. The number of carbonyl (C=O) groups is 2. The van der Waals surface area contributed by atoms with E-state index in [-0.39, 0.29) is 19.0 Å². The number of allylic oxidation sites excluding steroid dienone is 2. The monoisotopic (exact) mass is 554 g/mol. The molecule has 6 nitrogen and oxygen atoms in total. The normalized spacial score (nSPS) is 16.1. The zero-order valence-electron chi connectivity index (χ0n) is 20.3. The highest BCUT2D eigenvalue weighted by atomic mass is 79.9. The van der Waals surface area contributed by atoms with Crippen molar-refractivity contribution in [2.45, 2.75) is 26.4 Å². The van der Waals surface area contributed by atoms with Crippen molar-refractivity contribution in [3.63, 3.8) is 0 Å². The predicted molar refractivity (Wildman–Crippen MR) is 143 cm³/mol. The molecule has 184 valence electrons. The number of rotatable bonds is 6. The summed E-state index contributed by atoms with van der Waals surface area (Å²) in [5, 5.41) is 12.8. The van der Waals surface area contributed by atoms with Gasteiger partial charge in [0.05, 0.1) is 35.4 Å². The molecule has 5 rings (SSSR count). The predicted octanol–water partition coefficient (Wildman–Crippen LogP) is 6.03. The maximum absolute atomic E-state index is 13.7. The molecule has 3 aromatic carbocycles. The first-order chi connectivity index (χ1) is 17.9. The van der Waals surface area contributed by atoms with Crippen LogP contribution in [0, 0.1) is 11.3 Å². The van der Waals surface area contributed by atoms with Crippen molar-refractivity contribution in [3.8, 4) is 11.8 Å². The number of dihydropyridines is 1. The van der Waals surface area contributed by atoms with Gasteiger partial charge in [0.15, 0.2) is 5.78 Å². The number of nitrogens with one attached hydrogen (secondary N) is 1. The zero-order valence-corrected chi connectivity index (χ0v) is 21.9. The fourth-order valence-corrected chi connectivity index (χ4v) is 5.29. The maximum Gasteiger partial charge on any atom is 0.336 e. The molecule has 0 bridgehead atoms. The van der Waals surface area contributed by atoms with Gasteiger partial charge >= 0.3 is 5.97 Å². The van der Waals surface area contributed by atoms with Crippen molar-refractivity contribution >= 4 is 33.4 Å². The van der Waals surface area contributed by atoms with E-state index in [2.05, 4.69) is 27.3 Å². The van der Waals surface area contributed by atoms with E-state index in [1.807, 2.05) is 49.4 Å². The number of benzene rings is 3. The number of ether oxygens (including phenoxy) is 2. The van der Waals surface area contributed by atoms with Gasteiger partial charge in [0, 0.05) is 38.0 Å². The van der Waals surface area contributed by atoms with E-state index in [1.165, 1.54) is 0 Å². The van der Waals surface area contributed by atoms with Crippen LogP contribution in [0.15, 0.2) is 88.0 Å². The van der Waals surface area contributed by atoms with Gasteiger partial charge < -0.3 is 14.8 Å². The molecule has 2 aliphatic rings. The first kappa shape index (κ1) is 24.5. The van der Waals surface area contributed by atoms with E-state index < -0.39 is 11.9 Å². The van der Waals surface area contributed by atoms with E-state index in [0.29, 0.717) is 45.0 Å². The minimum atomic E-state index is -0.714. The number of ketones is 1. The Morgan fingerprint density at radius 1 is 1.08 bits per heavy atom. The Balaban J connectivity index is 1.66. The number of nitriles is 1. The van der Waals surface area contributed by atoms with Crippen molar-refractivity contribution in [1.82, 2.24) is 5.32 Å². The van der Waals surface area contributed by atoms with Gasteiger partial charge in [-0.1, -0.05) is 58.4 Å². The molecular weight excluding hydrogens is 532 g/mol. The number of carbonyl (C=O) groups excluding carboxylic acids is 2. The second-order valence-electron chi connectivity index (χ2n) is 8.72. The molecule has 0 radical (unpaired) electrons. The number of hydrogen-bond acceptors (Lipinski definition) is 6. The zero-order chi connectivity index (χ0) is 26.1. The Bertz CT molecular complexity index is 1550. The Morgan fingerprint density at radius 3 is 2.57 bits per heavy atom. The lowest BCUT2D eigenvalue weighted by Gasteiger charge is -2.30. The molecule has 1 heterocycles. The number of hydrogen-bond donors (Lipinski definition) is 1. The second kappa shape index (κ2) is 10.1. The third-order valence-electron chi connectivity index (χ3n) is 6.55. The van der Waals surface area contributed by atoms with Crippen LogP contribution in [0.4, 0.5) is 0 Å². The Labute approximate surface area is 223 Å². The topological polar surface area (TPSA) is 88.4 Å². The summed E-state index contributed by atoms with van der Waals surface area (Å²) in [4.78, 5) is 27.0. The van der Waals surface area contributed by atoms with Gasteiger partial charge in [-0.25, -0.2) is 4.79 Å². The summed E-state index contributed by atoms with van der Waals surface area (Å²) in [5.41, 5.74) is 5.46. The maximum atomic E-state index is 13.7. The SMILES string of the molecule is CCOC(=O)C1=C(C)NC2=C(C(=O)c3ccccc32)[C@@H]1c1cc(Br)ccc1OCc1ccccc1C#N. The van der Waals surface area contributed by atoms with Crippen LogP contribution in [0.2, 0.25) is 0 Å². The van der Waals surface area contributed by atoms with Crippen LogP contribution in [-0.4, -0.2) is 18.4 Å². The third-order valence-corrected chi connectivity index (χ3v) is 7.04. The molecular formula is C30H23BrN2O4. The fraction of sp³-hybridized carbons (Fsp3) is 0.167. The molecule has 0 spiro atoms. The van der Waals surface area contributed by atoms with Crippen molar-refractivity contribution in [2.75, 3.05) is 6.61 Å². The fourth-order valence-electron chi connectivity index (χ4n) is 4.91. The minimum absolute atomic E-state index is 0.141. The molecule has 0 amide bonds. The van der Waals surface area contributed by atoms with Crippen LogP contribution in [0.1, 0.15) is 52.4 Å². The Hall–Kier alpha value is -4.15. The summed E-state index contributed by atoms with van der Waals surface area (Å²) in [7, 11) is 0. The number of fused-ring (bicyclic) bond motifs is 2. The lowest BCUT2D eigenvalue weighted by atomic mass is 9.79. The molecule has 1 N–H and O–H groups in total. The van der Waals surface area contributed by atoms with Crippen molar-refractivity contribution < 1.29 is 19.1 Å². The van der Waals surface area contributed by atoms with Crippen molar-refractivity contribution in [2.24, 2.45) is 0 Å². The number of nitrogens with zero attached hydrogens (tertiary/aromatic N) is 1. The van der Waals surface area contributed by atoms with Crippen LogP contribution in [0.5, 0.6) is 5.75 Å². The van der Waals surface area contributed by atoms with E-state index in [4.69, 9.17) is 9.47 Å². The van der Waals surface area contributed by atoms with E-state index >= 15 is 0 Å². The highest BCUT2D eigenvalue weighted by molar-refractivity contribution is 9.10. The van der Waals surface area contributed by atoms with Crippen LogP contribution < -0.4 is 10.1 Å². The van der Waals surface area contributed by atoms with Gasteiger partial charge in [0.2, 0.25) is 0 Å². The molecule has 7 heteroatoms. The molecule has 1 aliphatic heterocycles. The van der Waals surface area contributed by atoms with Gasteiger partial charge in [-0.3, -0.25) is 4.79 Å². The second-order valence-corrected chi connectivity index (χ2v) is 9.64. The molecule has 0 fully saturated rings. The molecule has 1 aliphatic carbocycles. The highest BCUT2D eigenvalue weighted by Crippen LogP contribution is 2.49. The highest BCUT2D eigenvalue weighted by Gasteiger charge is 2.44. The standard InChI is InChI=1S/C30H23BrN2O4/c1-3-36-30(35)25-17(2)33-28-21-10-6-7-11-22(21)29(34)27(28)26(25)23-14-20(31)12-13-24(23)37-16-19-9-5-4-8-18(19)15-32/h4-14,26,33H,3,16H2,1-2H3/t26-/m1/s1. The van der Waals surface area contributed by atoms with E-state index in [0.717, 1.165) is 15.6 Å². The third kappa shape index (κ3) is 4.34. The quantitative estimate of drug-likeness (QED) is 0.374. The van der Waals surface area contributed by atoms with Crippen LogP contribution in [-0.2, 0) is 16.1 Å². The van der Waals surface area contributed by atoms with Crippen LogP contribution in [0.3, 0.4) is 0 Å². The molecule has 1 atom stereocenters. The summed E-state index contributed by atoms with van der Waals surface area (Å²) >= 11 is 3.55. The van der Waals surface area contributed by atoms with Gasteiger partial charge in [-0.2, -0.15) is 5.26 Å². The molecule has 0 saturated heterocycles. The molecule has 37 heavy (non-hydrogen) atoms. The van der Waals surface area contributed by atoms with Crippen molar-refractivity contribution in [3.05, 3.63) is 116 Å². The molecule has 0 saturated carbocycles. The van der Waals surface area contributed by atoms with Crippen LogP contribution in [0.25, 0.3) is 5.70 Å². The number of Topliss-reactive ketones (excluding diaryl/α,β-unsaturated/α-hetero) is 1. The first-order valence-electron chi connectivity index (χ1n) is 11.9. The Morgan fingerprint density at radius 2 is 1.81 bits per heavy atom. The van der Waals surface area contributed by atoms with E-state index in [9.17, 15) is 14.9 Å². The summed E-state index contributed by atoms with van der Waals surface area (Å²) in [6.45, 7) is 3.92. The number of halogens is 1. The van der Waals surface area contributed by atoms with E-state index in [1.54, 1.807) is 31.2 Å². The van der Waals surface area contributed by atoms with Gasteiger partial charge in [0.1, 0.15) is 12.4 Å². The van der Waals surface area contributed by atoms with Crippen molar-refractivity contribution in [1.29, 1.82) is 5.26 Å². The smallest absolute Gasteiger partial charge is 0.336 e. The summed E-state index contributed by atoms with van der Waals surface area (Å²) < 4.78 is 12.5. The lowest BCUT2D eigenvalue weighted by molar-refractivity contribution is -0.138. The lowest BCUT2D eigenvalue weighted by Crippen LogP contribution is -2.29. The van der Waals surface area contributed by atoms with Gasteiger partial charge in [0.25, 0.3) is 0 Å². The average Bonchev–Trinajstić information content (AvgIpc) is 3.18. The molecule has 3 aromatic rings.